The summed E-state index contributed by atoms with van der Waals surface area (Å²) in [4.78, 5) is 15.7. The fraction of sp³-hybridized carbons (Fsp3) is 0.375. The van der Waals surface area contributed by atoms with E-state index in [2.05, 4.69) is 9.55 Å². The number of carbonyl (C=O) groups is 1. The van der Waals surface area contributed by atoms with Gasteiger partial charge in [0.1, 0.15) is 11.6 Å². The molecule has 5 heteroatoms. The molecular formula is C16H18N2O3. The van der Waals surface area contributed by atoms with E-state index in [0.29, 0.717) is 19.4 Å². The summed E-state index contributed by atoms with van der Waals surface area (Å²) < 4.78 is 7.49. The fourth-order valence-corrected chi connectivity index (χ4v) is 2.67. The van der Waals surface area contributed by atoms with Crippen molar-refractivity contribution in [3.8, 4) is 17.0 Å². The van der Waals surface area contributed by atoms with Gasteiger partial charge in [-0.05, 0) is 37.6 Å². The van der Waals surface area contributed by atoms with Crippen molar-refractivity contribution in [2.24, 2.45) is 5.92 Å². The van der Waals surface area contributed by atoms with Crippen molar-refractivity contribution in [1.29, 1.82) is 0 Å². The zero-order chi connectivity index (χ0) is 14.8. The van der Waals surface area contributed by atoms with Gasteiger partial charge >= 0.3 is 5.97 Å². The quantitative estimate of drug-likeness (QED) is 0.938. The molecule has 0 spiro atoms. The Hall–Kier alpha value is -2.30. The summed E-state index contributed by atoms with van der Waals surface area (Å²) in [7, 11) is 0. The Balaban J connectivity index is 1.83. The van der Waals surface area contributed by atoms with Gasteiger partial charge in [0.15, 0.2) is 0 Å². The number of aromatic nitrogens is 2. The molecule has 2 heterocycles. The molecule has 0 aliphatic carbocycles. The second kappa shape index (κ2) is 5.60. The average molecular weight is 286 g/mol. The molecule has 1 unspecified atom stereocenters. The van der Waals surface area contributed by atoms with E-state index < -0.39 is 5.97 Å². The molecule has 3 rings (SSSR count). The van der Waals surface area contributed by atoms with Crippen molar-refractivity contribution in [1.82, 2.24) is 9.55 Å². The number of aliphatic carboxylic acids is 1. The minimum Gasteiger partial charge on any atom is -0.494 e. The molecule has 0 fully saturated rings. The van der Waals surface area contributed by atoms with Crippen LogP contribution in [-0.2, 0) is 17.8 Å². The summed E-state index contributed by atoms with van der Waals surface area (Å²) in [5.74, 6) is 0.661. The van der Waals surface area contributed by atoms with Crippen LogP contribution in [0.3, 0.4) is 0 Å². The van der Waals surface area contributed by atoms with Crippen molar-refractivity contribution >= 4 is 5.97 Å². The smallest absolute Gasteiger partial charge is 0.307 e. The van der Waals surface area contributed by atoms with E-state index in [-0.39, 0.29) is 5.92 Å². The Bertz CT molecular complexity index is 646. The van der Waals surface area contributed by atoms with E-state index in [1.54, 1.807) is 0 Å². The standard InChI is InChI=1S/C16H18N2O3/c1-2-21-13-5-3-11(4-6-13)14-10-18-8-7-12(16(19)20)9-15(18)17-14/h3-6,10,12H,2,7-9H2,1H3,(H,19,20). The highest BCUT2D eigenvalue weighted by Crippen LogP contribution is 2.26. The highest BCUT2D eigenvalue weighted by molar-refractivity contribution is 5.70. The van der Waals surface area contributed by atoms with Crippen LogP contribution in [0.5, 0.6) is 5.75 Å². The SMILES string of the molecule is CCOc1ccc(-c2cn3c(n2)CC(C(=O)O)CC3)cc1. The number of nitrogens with zero attached hydrogens (tertiary/aromatic N) is 2. The zero-order valence-electron chi connectivity index (χ0n) is 12.0. The van der Waals surface area contributed by atoms with Gasteiger partial charge in [-0.3, -0.25) is 4.79 Å². The Morgan fingerprint density at radius 1 is 1.43 bits per heavy atom. The molecule has 0 saturated heterocycles. The maximum Gasteiger partial charge on any atom is 0.307 e. The monoisotopic (exact) mass is 286 g/mol. The Morgan fingerprint density at radius 3 is 2.86 bits per heavy atom. The predicted molar refractivity (Wildman–Crippen MR) is 78.3 cm³/mol. The lowest BCUT2D eigenvalue weighted by atomic mass is 9.98. The second-order valence-electron chi connectivity index (χ2n) is 5.22. The van der Waals surface area contributed by atoms with E-state index in [4.69, 9.17) is 9.84 Å². The van der Waals surface area contributed by atoms with Crippen LogP contribution in [0.2, 0.25) is 0 Å². The third-order valence-corrected chi connectivity index (χ3v) is 3.82. The van der Waals surface area contributed by atoms with Crippen LogP contribution in [-0.4, -0.2) is 27.2 Å². The van der Waals surface area contributed by atoms with Crippen molar-refractivity contribution in [3.63, 3.8) is 0 Å². The number of fused-ring (bicyclic) bond motifs is 1. The molecule has 2 aromatic rings. The molecule has 0 radical (unpaired) electrons. The maximum absolute atomic E-state index is 11.1. The number of ether oxygens (including phenoxy) is 1. The molecule has 1 N–H and O–H groups in total. The first-order valence-electron chi connectivity index (χ1n) is 7.19. The number of hydrogen-bond acceptors (Lipinski definition) is 3. The summed E-state index contributed by atoms with van der Waals surface area (Å²) in [6.45, 7) is 3.32. The molecule has 1 atom stereocenters. The highest BCUT2D eigenvalue weighted by Gasteiger charge is 2.25. The number of carboxylic acids is 1. The zero-order valence-corrected chi connectivity index (χ0v) is 12.0. The van der Waals surface area contributed by atoms with E-state index >= 15 is 0 Å². The lowest BCUT2D eigenvalue weighted by Crippen LogP contribution is -2.25. The van der Waals surface area contributed by atoms with E-state index in [9.17, 15) is 4.79 Å². The molecule has 1 aromatic heterocycles. The van der Waals surface area contributed by atoms with Crippen molar-refractivity contribution in [2.75, 3.05) is 6.61 Å². The Morgan fingerprint density at radius 2 is 2.19 bits per heavy atom. The van der Waals surface area contributed by atoms with E-state index in [0.717, 1.165) is 29.4 Å². The second-order valence-corrected chi connectivity index (χ2v) is 5.22. The number of hydrogen-bond donors (Lipinski definition) is 1. The van der Waals surface area contributed by atoms with Gasteiger partial charge in [0.25, 0.3) is 0 Å². The molecule has 5 nitrogen and oxygen atoms in total. The summed E-state index contributed by atoms with van der Waals surface area (Å²) >= 11 is 0. The Labute approximate surface area is 123 Å². The van der Waals surface area contributed by atoms with Crippen molar-refractivity contribution < 1.29 is 14.6 Å². The van der Waals surface area contributed by atoms with Gasteiger partial charge in [-0.1, -0.05) is 0 Å². The number of rotatable bonds is 4. The molecule has 1 aromatic carbocycles. The summed E-state index contributed by atoms with van der Waals surface area (Å²) in [5, 5.41) is 9.12. The Kier molecular flexibility index (Phi) is 3.64. The first-order valence-corrected chi connectivity index (χ1v) is 7.19. The lowest BCUT2D eigenvalue weighted by Gasteiger charge is -2.19. The highest BCUT2D eigenvalue weighted by atomic mass is 16.5. The number of benzene rings is 1. The maximum atomic E-state index is 11.1. The van der Waals surface area contributed by atoms with Crippen molar-refractivity contribution in [2.45, 2.75) is 26.3 Å². The minimum absolute atomic E-state index is 0.312. The van der Waals surface area contributed by atoms with E-state index in [1.165, 1.54) is 0 Å². The predicted octanol–water partition coefficient (Wildman–Crippen LogP) is 2.60. The number of imidazole rings is 1. The topological polar surface area (TPSA) is 64.4 Å². The lowest BCUT2D eigenvalue weighted by molar-refractivity contribution is -0.142. The molecule has 0 bridgehead atoms. The van der Waals surface area contributed by atoms with Crippen LogP contribution in [0, 0.1) is 5.92 Å². The summed E-state index contributed by atoms with van der Waals surface area (Å²) in [6, 6.07) is 7.82. The van der Waals surface area contributed by atoms with Gasteiger partial charge in [0.05, 0.1) is 18.2 Å². The molecule has 0 saturated carbocycles. The van der Waals surface area contributed by atoms with Gasteiger partial charge in [-0.2, -0.15) is 0 Å². The van der Waals surface area contributed by atoms with Gasteiger partial charge < -0.3 is 14.4 Å². The van der Waals surface area contributed by atoms with Gasteiger partial charge in [-0.15, -0.1) is 0 Å². The van der Waals surface area contributed by atoms with Crippen LogP contribution >= 0.6 is 0 Å². The first-order chi connectivity index (χ1) is 10.2. The van der Waals surface area contributed by atoms with Crippen LogP contribution in [0.1, 0.15) is 19.2 Å². The first kappa shape index (κ1) is 13.7. The summed E-state index contributed by atoms with van der Waals surface area (Å²) in [5.41, 5.74) is 1.91. The van der Waals surface area contributed by atoms with Crippen LogP contribution in [0.25, 0.3) is 11.3 Å². The minimum atomic E-state index is -0.730. The molecule has 1 aliphatic heterocycles. The number of aryl methyl sites for hydroxylation is 1. The molecule has 1 aliphatic rings. The molecule has 0 amide bonds. The summed E-state index contributed by atoms with van der Waals surface area (Å²) in [6.07, 6.45) is 3.18. The third-order valence-electron chi connectivity index (χ3n) is 3.82. The van der Waals surface area contributed by atoms with Gasteiger partial charge in [0.2, 0.25) is 0 Å². The van der Waals surface area contributed by atoms with Gasteiger partial charge in [0, 0.05) is 24.7 Å². The normalized spacial score (nSPS) is 17.3. The fourth-order valence-electron chi connectivity index (χ4n) is 2.67. The van der Waals surface area contributed by atoms with Crippen molar-refractivity contribution in [3.05, 3.63) is 36.3 Å². The van der Waals surface area contributed by atoms with Crippen LogP contribution in [0.4, 0.5) is 0 Å². The number of carboxylic acid groups (broad SMARTS) is 1. The van der Waals surface area contributed by atoms with Gasteiger partial charge in [-0.25, -0.2) is 4.98 Å². The largest absolute Gasteiger partial charge is 0.494 e. The molecular weight excluding hydrogens is 268 g/mol. The van der Waals surface area contributed by atoms with Crippen LogP contribution < -0.4 is 4.74 Å². The third kappa shape index (κ3) is 2.77. The average Bonchev–Trinajstić information content (AvgIpc) is 2.91. The molecule has 21 heavy (non-hydrogen) atoms. The van der Waals surface area contributed by atoms with Crippen LogP contribution in [0.15, 0.2) is 30.5 Å². The molecule has 110 valence electrons. The van der Waals surface area contributed by atoms with E-state index in [1.807, 2.05) is 37.4 Å².